The van der Waals surface area contributed by atoms with Gasteiger partial charge in [0.25, 0.3) is 0 Å². The molecule has 0 bridgehead atoms. The molecule has 3 aliphatic rings. The zero-order valence-electron chi connectivity index (χ0n) is 31.0. The molecular weight excluding hydrogens is 693 g/mol. The van der Waals surface area contributed by atoms with Crippen LogP contribution in [0.4, 0.5) is 0 Å². The lowest BCUT2D eigenvalue weighted by Gasteiger charge is -2.40. The number of allylic oxidation sites excluding steroid dienone is 1. The van der Waals surface area contributed by atoms with Gasteiger partial charge in [0, 0.05) is 33.4 Å². The zero-order valence-corrected chi connectivity index (χ0v) is 31.0. The van der Waals surface area contributed by atoms with E-state index >= 15 is 0 Å². The van der Waals surface area contributed by atoms with E-state index in [0.717, 1.165) is 62.7 Å². The predicted molar refractivity (Wildman–Crippen MR) is 231 cm³/mol. The fraction of sp³-hybridized carbons (Fsp3) is 0.0370. The smallest absolute Gasteiger partial charge is 0.160 e. The van der Waals surface area contributed by atoms with Crippen molar-refractivity contribution >= 4 is 16.8 Å². The van der Waals surface area contributed by atoms with Gasteiger partial charge in [-0.05, 0) is 80.4 Å². The lowest BCUT2D eigenvalue weighted by Crippen LogP contribution is -2.32. The average Bonchev–Trinajstić information content (AvgIpc) is 3.57. The van der Waals surface area contributed by atoms with Gasteiger partial charge in [-0.1, -0.05) is 170 Å². The van der Waals surface area contributed by atoms with Crippen LogP contribution >= 0.6 is 0 Å². The molecule has 266 valence electrons. The van der Waals surface area contributed by atoms with Crippen molar-refractivity contribution in [2.24, 2.45) is 0 Å². The minimum atomic E-state index is -0.506. The highest BCUT2D eigenvalue weighted by molar-refractivity contribution is 5.98. The molecule has 0 amide bonds. The molecule has 1 spiro atoms. The van der Waals surface area contributed by atoms with Crippen molar-refractivity contribution in [2.75, 3.05) is 0 Å². The molecule has 1 aliphatic heterocycles. The molecule has 0 atom stereocenters. The fourth-order valence-electron chi connectivity index (χ4n) is 9.69. The minimum absolute atomic E-state index is 0.506. The van der Waals surface area contributed by atoms with E-state index in [1.54, 1.807) is 0 Å². The van der Waals surface area contributed by atoms with Crippen molar-refractivity contribution in [2.45, 2.75) is 11.8 Å². The van der Waals surface area contributed by atoms with E-state index in [9.17, 15) is 0 Å². The lowest BCUT2D eigenvalue weighted by molar-refractivity contribution is 0.438. The standard InChI is InChI=1S/C54H34N2O/c1-2-13-35(14-3-1)48-33-49(40-31-38-17-10-15-36-16-11-18-39(32-40)51(36)38)56-53(55-48)37-29-27-34(28-30-37)41-21-12-25-47-52(41)57-50-26-9-8-24-46(50)54(47)44-22-6-4-19-42(44)43-20-5-7-23-45(43)54/h1-15,17-33H,16H2. The normalized spacial score (nSPS) is 13.8. The average molecular weight is 727 g/mol. The summed E-state index contributed by atoms with van der Waals surface area (Å²) >= 11 is 0. The summed E-state index contributed by atoms with van der Waals surface area (Å²) in [7, 11) is 0. The predicted octanol–water partition coefficient (Wildman–Crippen LogP) is 13.3. The van der Waals surface area contributed by atoms with Gasteiger partial charge >= 0.3 is 0 Å². The van der Waals surface area contributed by atoms with Gasteiger partial charge in [-0.25, -0.2) is 9.97 Å². The molecule has 12 rings (SSSR count). The Hall–Kier alpha value is -7.36. The largest absolute Gasteiger partial charge is 0.456 e. The Morgan fingerprint density at radius 3 is 1.88 bits per heavy atom. The molecule has 0 N–H and O–H groups in total. The first-order chi connectivity index (χ1) is 28.2. The van der Waals surface area contributed by atoms with Crippen molar-refractivity contribution in [3.8, 4) is 67.7 Å². The van der Waals surface area contributed by atoms with Crippen LogP contribution in [-0.4, -0.2) is 9.97 Å². The number of hydrogen-bond acceptors (Lipinski definition) is 3. The molecule has 8 aromatic carbocycles. The van der Waals surface area contributed by atoms with Crippen LogP contribution in [-0.2, 0) is 11.8 Å². The highest BCUT2D eigenvalue weighted by Gasteiger charge is 2.51. The summed E-state index contributed by atoms with van der Waals surface area (Å²) in [6, 6.07) is 65.2. The van der Waals surface area contributed by atoms with Crippen LogP contribution in [0.2, 0.25) is 0 Å². The second-order valence-electron chi connectivity index (χ2n) is 15.2. The number of rotatable bonds is 4. The molecule has 0 saturated carbocycles. The SMILES string of the molecule is C1=Cc2cc(-c3cc(-c4ccccc4)nc(-c4ccc(-c5cccc6c5Oc5ccccc5C65c6ccccc6-c6ccccc65)cc4)n3)cc3cccc(c23)C1. The van der Waals surface area contributed by atoms with E-state index in [2.05, 4.69) is 188 Å². The Morgan fingerprint density at radius 2 is 1.09 bits per heavy atom. The number of nitrogens with zero attached hydrogens (tertiary/aromatic N) is 2. The Bertz CT molecular complexity index is 3080. The second-order valence-corrected chi connectivity index (χ2v) is 15.2. The molecule has 3 nitrogen and oxygen atoms in total. The van der Waals surface area contributed by atoms with Crippen molar-refractivity contribution in [1.82, 2.24) is 9.97 Å². The Morgan fingerprint density at radius 1 is 0.456 bits per heavy atom. The number of benzene rings is 8. The van der Waals surface area contributed by atoms with Gasteiger partial charge in [0.15, 0.2) is 5.82 Å². The summed E-state index contributed by atoms with van der Waals surface area (Å²) in [5.41, 5.74) is 16.5. The highest BCUT2D eigenvalue weighted by Crippen LogP contribution is 2.63. The van der Waals surface area contributed by atoms with Crippen molar-refractivity contribution in [3.05, 3.63) is 221 Å². The van der Waals surface area contributed by atoms with Crippen LogP contribution in [0.25, 0.3) is 73.0 Å². The van der Waals surface area contributed by atoms with Crippen LogP contribution < -0.4 is 4.74 Å². The van der Waals surface area contributed by atoms with Crippen LogP contribution in [0.5, 0.6) is 11.5 Å². The Labute approximate surface area is 331 Å². The van der Waals surface area contributed by atoms with Gasteiger partial charge in [0.1, 0.15) is 11.5 Å². The third-order valence-corrected chi connectivity index (χ3v) is 12.1. The summed E-state index contributed by atoms with van der Waals surface area (Å²) in [6.07, 6.45) is 5.46. The molecule has 2 heterocycles. The van der Waals surface area contributed by atoms with Crippen molar-refractivity contribution in [3.63, 3.8) is 0 Å². The first-order valence-electron chi connectivity index (χ1n) is 19.6. The molecule has 0 radical (unpaired) electrons. The Balaban J connectivity index is 1.00. The number of hydrogen-bond donors (Lipinski definition) is 0. The topological polar surface area (TPSA) is 35.0 Å². The third kappa shape index (κ3) is 4.73. The monoisotopic (exact) mass is 726 g/mol. The van der Waals surface area contributed by atoms with Crippen molar-refractivity contribution < 1.29 is 4.74 Å². The number of ether oxygens (including phenoxy) is 1. The molecule has 9 aromatic rings. The minimum Gasteiger partial charge on any atom is -0.456 e. The molecule has 2 aliphatic carbocycles. The van der Waals surface area contributed by atoms with E-state index in [1.807, 2.05) is 6.07 Å². The first kappa shape index (κ1) is 31.9. The maximum absolute atomic E-state index is 6.96. The van der Waals surface area contributed by atoms with Gasteiger partial charge < -0.3 is 4.74 Å². The molecule has 0 unspecified atom stereocenters. The van der Waals surface area contributed by atoms with Crippen LogP contribution in [0.1, 0.15) is 33.4 Å². The van der Waals surface area contributed by atoms with E-state index in [-0.39, 0.29) is 0 Å². The maximum Gasteiger partial charge on any atom is 0.160 e. The van der Waals surface area contributed by atoms with Crippen LogP contribution in [0, 0.1) is 0 Å². The summed E-state index contributed by atoms with van der Waals surface area (Å²) in [6.45, 7) is 0. The summed E-state index contributed by atoms with van der Waals surface area (Å²) in [4.78, 5) is 10.4. The second kappa shape index (κ2) is 12.3. The van der Waals surface area contributed by atoms with E-state index in [1.165, 1.54) is 49.7 Å². The maximum atomic E-state index is 6.96. The van der Waals surface area contributed by atoms with E-state index < -0.39 is 5.41 Å². The number of aromatic nitrogens is 2. The van der Waals surface area contributed by atoms with Gasteiger partial charge in [-0.15, -0.1) is 0 Å². The van der Waals surface area contributed by atoms with E-state index in [0.29, 0.717) is 5.82 Å². The first-order valence-corrected chi connectivity index (χ1v) is 19.6. The third-order valence-electron chi connectivity index (χ3n) is 12.1. The van der Waals surface area contributed by atoms with Crippen LogP contribution in [0.3, 0.4) is 0 Å². The van der Waals surface area contributed by atoms with E-state index in [4.69, 9.17) is 14.7 Å². The fourth-order valence-corrected chi connectivity index (χ4v) is 9.69. The molecule has 57 heavy (non-hydrogen) atoms. The molecule has 1 aromatic heterocycles. The number of fused-ring (bicyclic) bond motifs is 9. The lowest BCUT2D eigenvalue weighted by atomic mass is 9.65. The Kier molecular flexibility index (Phi) is 6.91. The molecular formula is C54H34N2O. The summed E-state index contributed by atoms with van der Waals surface area (Å²) in [5.74, 6) is 2.46. The van der Waals surface area contributed by atoms with Gasteiger partial charge in [-0.3, -0.25) is 0 Å². The van der Waals surface area contributed by atoms with Crippen molar-refractivity contribution in [1.29, 1.82) is 0 Å². The molecule has 3 heteroatoms. The quantitative estimate of drug-likeness (QED) is 0.181. The summed E-state index contributed by atoms with van der Waals surface area (Å²) < 4.78 is 6.96. The molecule has 0 saturated heterocycles. The van der Waals surface area contributed by atoms with Gasteiger partial charge in [0.05, 0.1) is 16.8 Å². The highest BCUT2D eigenvalue weighted by atomic mass is 16.5. The molecule has 0 fully saturated rings. The van der Waals surface area contributed by atoms with Gasteiger partial charge in [0.2, 0.25) is 0 Å². The van der Waals surface area contributed by atoms with Gasteiger partial charge in [-0.2, -0.15) is 0 Å². The zero-order chi connectivity index (χ0) is 37.5. The van der Waals surface area contributed by atoms with Crippen LogP contribution in [0.15, 0.2) is 188 Å². The summed E-state index contributed by atoms with van der Waals surface area (Å²) in [5, 5.41) is 2.57. The number of para-hydroxylation sites is 2.